The molecule has 0 radical (unpaired) electrons. The summed E-state index contributed by atoms with van der Waals surface area (Å²) in [6.45, 7) is 12.7. The Labute approximate surface area is 124 Å². The first-order valence-corrected chi connectivity index (χ1v) is 7.67. The highest BCUT2D eigenvalue weighted by molar-refractivity contribution is 5.94. The maximum Gasteiger partial charge on any atom is 0.227 e. The Morgan fingerprint density at radius 3 is 2.25 bits per heavy atom. The number of hydrogen-bond acceptors (Lipinski definition) is 1. The topological polar surface area (TPSA) is 20.3 Å². The van der Waals surface area contributed by atoms with Crippen LogP contribution in [0.25, 0.3) is 0 Å². The molecule has 0 unspecified atom stereocenters. The van der Waals surface area contributed by atoms with Crippen LogP contribution < -0.4 is 4.90 Å². The van der Waals surface area contributed by atoms with E-state index in [4.69, 9.17) is 0 Å². The van der Waals surface area contributed by atoms with Crippen LogP contribution in [-0.2, 0) is 4.79 Å². The van der Waals surface area contributed by atoms with Crippen LogP contribution in [0, 0.1) is 12.3 Å². The van der Waals surface area contributed by atoms with Crippen molar-refractivity contribution >= 4 is 11.6 Å². The molecule has 1 aromatic carbocycles. The summed E-state index contributed by atoms with van der Waals surface area (Å²) in [6, 6.07) is 8.55. The Hall–Kier alpha value is -1.31. The van der Waals surface area contributed by atoms with Gasteiger partial charge >= 0.3 is 0 Å². The number of nitrogens with zero attached hydrogens (tertiary/aromatic N) is 1. The fourth-order valence-electron chi connectivity index (χ4n) is 2.53. The lowest BCUT2D eigenvalue weighted by Crippen LogP contribution is -2.41. The number of carbonyl (C=O) groups is 1. The van der Waals surface area contributed by atoms with E-state index in [-0.39, 0.29) is 17.4 Å². The summed E-state index contributed by atoms with van der Waals surface area (Å²) < 4.78 is 0. The molecule has 0 atom stereocenters. The minimum absolute atomic E-state index is 0.0190. The van der Waals surface area contributed by atoms with Crippen LogP contribution in [0.3, 0.4) is 0 Å². The highest BCUT2D eigenvalue weighted by Crippen LogP contribution is 2.27. The molecule has 0 aliphatic heterocycles. The van der Waals surface area contributed by atoms with Crippen molar-refractivity contribution in [2.45, 2.75) is 66.8 Å². The van der Waals surface area contributed by atoms with Crippen LogP contribution in [0.4, 0.5) is 5.69 Å². The van der Waals surface area contributed by atoms with Crippen LogP contribution in [0.15, 0.2) is 24.3 Å². The van der Waals surface area contributed by atoms with Gasteiger partial charge in [-0.05, 0) is 42.9 Å². The lowest BCUT2D eigenvalue weighted by molar-refractivity contribution is -0.120. The maximum atomic E-state index is 12.8. The van der Waals surface area contributed by atoms with Gasteiger partial charge in [-0.2, -0.15) is 0 Å². The second kappa shape index (κ2) is 6.92. The number of hydrogen-bond donors (Lipinski definition) is 0. The molecule has 0 aromatic heterocycles. The van der Waals surface area contributed by atoms with Gasteiger partial charge in [0.05, 0.1) is 0 Å². The molecular weight excluding hydrogens is 246 g/mol. The zero-order valence-electron chi connectivity index (χ0n) is 13.9. The van der Waals surface area contributed by atoms with Crippen LogP contribution in [0.5, 0.6) is 0 Å². The van der Waals surface area contributed by atoms with Crippen molar-refractivity contribution in [2.75, 3.05) is 4.90 Å². The number of anilines is 1. The predicted molar refractivity (Wildman–Crippen MR) is 87.1 cm³/mol. The molecule has 0 N–H and O–H groups in total. The zero-order chi connectivity index (χ0) is 15.3. The van der Waals surface area contributed by atoms with E-state index in [1.165, 1.54) is 5.56 Å². The Morgan fingerprint density at radius 1 is 1.20 bits per heavy atom. The van der Waals surface area contributed by atoms with Crippen molar-refractivity contribution in [1.82, 2.24) is 0 Å². The van der Waals surface area contributed by atoms with E-state index >= 15 is 0 Å². The molecule has 1 rings (SSSR count). The SMILES string of the molecule is CCC(CC)N(C(=O)CC(C)(C)C)c1cccc(C)c1. The van der Waals surface area contributed by atoms with E-state index in [2.05, 4.69) is 53.7 Å². The quantitative estimate of drug-likeness (QED) is 0.744. The van der Waals surface area contributed by atoms with Gasteiger partial charge in [-0.1, -0.05) is 46.8 Å². The summed E-state index contributed by atoms with van der Waals surface area (Å²) in [5.41, 5.74) is 2.25. The van der Waals surface area contributed by atoms with Crippen molar-refractivity contribution in [1.29, 1.82) is 0 Å². The summed E-state index contributed by atoms with van der Waals surface area (Å²) in [4.78, 5) is 14.8. The lowest BCUT2D eigenvalue weighted by atomic mass is 9.91. The fourth-order valence-corrected chi connectivity index (χ4v) is 2.53. The molecule has 0 aliphatic carbocycles. The third kappa shape index (κ3) is 4.66. The van der Waals surface area contributed by atoms with Crippen LogP contribution in [0.1, 0.15) is 59.4 Å². The van der Waals surface area contributed by atoms with Crippen molar-refractivity contribution in [2.24, 2.45) is 5.41 Å². The van der Waals surface area contributed by atoms with Crippen molar-refractivity contribution in [3.05, 3.63) is 29.8 Å². The maximum absolute atomic E-state index is 12.8. The summed E-state index contributed by atoms with van der Waals surface area (Å²) in [6.07, 6.45) is 2.55. The molecule has 112 valence electrons. The first kappa shape index (κ1) is 16.7. The van der Waals surface area contributed by atoms with Gasteiger partial charge in [-0.3, -0.25) is 4.79 Å². The fraction of sp³-hybridized carbons (Fsp3) is 0.611. The molecule has 0 fully saturated rings. The standard InChI is InChI=1S/C18H29NO/c1-7-15(8-2)19(17(20)13-18(4,5)6)16-11-9-10-14(3)12-16/h9-12,15H,7-8,13H2,1-6H3. The summed E-state index contributed by atoms with van der Waals surface area (Å²) in [7, 11) is 0. The van der Waals surface area contributed by atoms with E-state index in [1.54, 1.807) is 0 Å². The van der Waals surface area contributed by atoms with Gasteiger partial charge in [0.25, 0.3) is 0 Å². The Balaban J connectivity index is 3.11. The van der Waals surface area contributed by atoms with E-state index in [0.29, 0.717) is 6.42 Å². The van der Waals surface area contributed by atoms with Gasteiger partial charge in [-0.15, -0.1) is 0 Å². The molecule has 2 nitrogen and oxygen atoms in total. The average Bonchev–Trinajstić information content (AvgIpc) is 2.33. The van der Waals surface area contributed by atoms with E-state index < -0.39 is 0 Å². The van der Waals surface area contributed by atoms with Crippen LogP contribution >= 0.6 is 0 Å². The number of carbonyl (C=O) groups excluding carboxylic acids is 1. The zero-order valence-corrected chi connectivity index (χ0v) is 13.9. The molecule has 1 amide bonds. The van der Waals surface area contributed by atoms with E-state index in [1.807, 2.05) is 17.0 Å². The number of rotatable bonds is 5. The van der Waals surface area contributed by atoms with Gasteiger partial charge < -0.3 is 4.90 Å². The van der Waals surface area contributed by atoms with Gasteiger partial charge in [-0.25, -0.2) is 0 Å². The second-order valence-electron chi connectivity index (χ2n) is 6.81. The summed E-state index contributed by atoms with van der Waals surface area (Å²) in [5.74, 6) is 0.233. The van der Waals surface area contributed by atoms with Gasteiger partial charge in [0, 0.05) is 18.2 Å². The molecular formula is C18H29NO. The average molecular weight is 275 g/mol. The molecule has 20 heavy (non-hydrogen) atoms. The van der Waals surface area contributed by atoms with Crippen molar-refractivity contribution < 1.29 is 4.79 Å². The van der Waals surface area contributed by atoms with Crippen molar-refractivity contribution in [3.63, 3.8) is 0 Å². The largest absolute Gasteiger partial charge is 0.309 e. The van der Waals surface area contributed by atoms with Crippen LogP contribution in [-0.4, -0.2) is 11.9 Å². The minimum atomic E-state index is 0.0190. The molecule has 0 saturated carbocycles. The number of amides is 1. The molecule has 0 bridgehead atoms. The Bertz CT molecular complexity index is 441. The molecule has 2 heteroatoms. The van der Waals surface area contributed by atoms with Crippen molar-refractivity contribution in [3.8, 4) is 0 Å². The van der Waals surface area contributed by atoms with Gasteiger partial charge in [0.15, 0.2) is 0 Å². The monoisotopic (exact) mass is 275 g/mol. The lowest BCUT2D eigenvalue weighted by Gasteiger charge is -2.33. The molecule has 0 heterocycles. The Morgan fingerprint density at radius 2 is 1.80 bits per heavy atom. The van der Waals surface area contributed by atoms with Crippen LogP contribution in [0.2, 0.25) is 0 Å². The second-order valence-corrected chi connectivity index (χ2v) is 6.81. The van der Waals surface area contributed by atoms with E-state index in [0.717, 1.165) is 18.5 Å². The third-order valence-electron chi connectivity index (χ3n) is 3.54. The van der Waals surface area contributed by atoms with Gasteiger partial charge in [0.1, 0.15) is 0 Å². The first-order valence-electron chi connectivity index (χ1n) is 7.67. The highest BCUT2D eigenvalue weighted by atomic mass is 16.2. The minimum Gasteiger partial charge on any atom is -0.309 e. The number of aryl methyl sites for hydroxylation is 1. The normalized spacial score (nSPS) is 11.8. The predicted octanol–water partition coefficient (Wildman–Crippen LogP) is 4.95. The molecule has 0 aliphatic rings. The Kier molecular flexibility index (Phi) is 5.79. The summed E-state index contributed by atoms with van der Waals surface area (Å²) in [5, 5.41) is 0. The summed E-state index contributed by atoms with van der Waals surface area (Å²) >= 11 is 0. The molecule has 1 aromatic rings. The smallest absolute Gasteiger partial charge is 0.227 e. The highest BCUT2D eigenvalue weighted by Gasteiger charge is 2.26. The van der Waals surface area contributed by atoms with E-state index in [9.17, 15) is 4.79 Å². The van der Waals surface area contributed by atoms with Gasteiger partial charge in [0.2, 0.25) is 5.91 Å². The molecule has 0 spiro atoms. The number of benzene rings is 1. The molecule has 0 saturated heterocycles. The first-order chi connectivity index (χ1) is 9.28. The third-order valence-corrected chi connectivity index (χ3v) is 3.54.